The van der Waals surface area contributed by atoms with E-state index < -0.39 is 0 Å². The minimum Gasteiger partial charge on any atom is -0.330 e. The third-order valence-electron chi connectivity index (χ3n) is 2.49. The van der Waals surface area contributed by atoms with Gasteiger partial charge in [0.05, 0.1) is 6.04 Å². The van der Waals surface area contributed by atoms with Crippen LogP contribution in [0.15, 0.2) is 30.3 Å². The molecule has 1 rings (SSSR count). The Morgan fingerprint density at radius 3 is 2.25 bits per heavy atom. The van der Waals surface area contributed by atoms with Crippen LogP contribution in [0.1, 0.15) is 32.4 Å². The molecular weight excluding hydrogens is 218 g/mol. The molecule has 0 aliphatic heterocycles. The van der Waals surface area contributed by atoms with Crippen LogP contribution in [-0.4, -0.2) is 22.4 Å². The van der Waals surface area contributed by atoms with Gasteiger partial charge in [0.15, 0.2) is 0 Å². The molecule has 1 aromatic rings. The number of thioether (sulfide) groups is 1. The standard InChI is InChI=1S/C13H19NOS/c1-10(2)16-13(15)14(4)11(3)12-8-6-5-7-9-12/h5-11H,1-4H3. The molecule has 1 unspecified atom stereocenters. The number of benzene rings is 1. The van der Waals surface area contributed by atoms with Gasteiger partial charge in [-0.1, -0.05) is 55.9 Å². The first kappa shape index (κ1) is 13.1. The van der Waals surface area contributed by atoms with Crippen molar-refractivity contribution in [3.05, 3.63) is 35.9 Å². The molecule has 0 radical (unpaired) electrons. The normalized spacial score (nSPS) is 12.6. The number of hydrogen-bond donors (Lipinski definition) is 0. The summed E-state index contributed by atoms with van der Waals surface area (Å²) in [7, 11) is 1.86. The van der Waals surface area contributed by atoms with Crippen molar-refractivity contribution in [2.45, 2.75) is 32.1 Å². The molecule has 2 nitrogen and oxygen atoms in total. The first-order valence-corrected chi connectivity index (χ1v) is 6.38. The summed E-state index contributed by atoms with van der Waals surface area (Å²) in [6, 6.07) is 10.2. The van der Waals surface area contributed by atoms with E-state index in [1.165, 1.54) is 17.3 Å². The van der Waals surface area contributed by atoms with Crippen LogP contribution in [0, 0.1) is 0 Å². The van der Waals surface area contributed by atoms with Crippen LogP contribution >= 0.6 is 11.8 Å². The molecule has 0 aromatic heterocycles. The first-order chi connectivity index (χ1) is 7.52. The van der Waals surface area contributed by atoms with Crippen LogP contribution in [0.3, 0.4) is 0 Å². The van der Waals surface area contributed by atoms with Gasteiger partial charge in [-0.25, -0.2) is 0 Å². The summed E-state index contributed by atoms with van der Waals surface area (Å²) in [5.74, 6) is 0. The van der Waals surface area contributed by atoms with Crippen molar-refractivity contribution in [1.29, 1.82) is 0 Å². The lowest BCUT2D eigenvalue weighted by Crippen LogP contribution is -2.27. The Bertz CT molecular complexity index is 337. The number of amides is 1. The Hall–Kier alpha value is -0.960. The molecule has 0 aliphatic rings. The van der Waals surface area contributed by atoms with E-state index in [0.717, 1.165) is 0 Å². The summed E-state index contributed by atoms with van der Waals surface area (Å²) in [5.41, 5.74) is 1.17. The van der Waals surface area contributed by atoms with E-state index in [4.69, 9.17) is 0 Å². The van der Waals surface area contributed by atoms with Gasteiger partial charge in [-0.2, -0.15) is 0 Å². The number of carbonyl (C=O) groups is 1. The van der Waals surface area contributed by atoms with Gasteiger partial charge in [-0.05, 0) is 12.5 Å². The smallest absolute Gasteiger partial charge is 0.282 e. The predicted molar refractivity (Wildman–Crippen MR) is 70.7 cm³/mol. The largest absolute Gasteiger partial charge is 0.330 e. The zero-order valence-corrected chi connectivity index (χ0v) is 11.1. The molecule has 0 saturated carbocycles. The van der Waals surface area contributed by atoms with E-state index >= 15 is 0 Å². The van der Waals surface area contributed by atoms with Gasteiger partial charge in [0.25, 0.3) is 5.24 Å². The molecule has 16 heavy (non-hydrogen) atoms. The molecule has 0 saturated heterocycles. The molecule has 0 heterocycles. The molecule has 1 aromatic carbocycles. The Kier molecular flexibility index (Phi) is 4.87. The van der Waals surface area contributed by atoms with E-state index in [2.05, 4.69) is 12.1 Å². The molecule has 0 aliphatic carbocycles. The molecule has 0 N–H and O–H groups in total. The van der Waals surface area contributed by atoms with Crippen LogP contribution in [-0.2, 0) is 0 Å². The second kappa shape index (κ2) is 5.94. The molecular formula is C13H19NOS. The van der Waals surface area contributed by atoms with E-state index in [1.807, 2.05) is 46.0 Å². The maximum absolute atomic E-state index is 11.9. The van der Waals surface area contributed by atoms with Crippen LogP contribution in [0.4, 0.5) is 4.79 Å². The minimum absolute atomic E-state index is 0.125. The van der Waals surface area contributed by atoms with Crippen molar-refractivity contribution in [2.75, 3.05) is 7.05 Å². The highest BCUT2D eigenvalue weighted by Crippen LogP contribution is 2.23. The molecule has 0 spiro atoms. The Morgan fingerprint density at radius 2 is 1.75 bits per heavy atom. The quantitative estimate of drug-likeness (QED) is 0.793. The number of carbonyl (C=O) groups excluding carboxylic acids is 1. The lowest BCUT2D eigenvalue weighted by molar-refractivity contribution is 0.220. The fourth-order valence-corrected chi connectivity index (χ4v) is 2.13. The highest BCUT2D eigenvalue weighted by atomic mass is 32.2. The van der Waals surface area contributed by atoms with Gasteiger partial charge < -0.3 is 4.90 Å². The zero-order valence-electron chi connectivity index (χ0n) is 10.3. The van der Waals surface area contributed by atoms with Crippen molar-refractivity contribution >= 4 is 17.0 Å². The number of nitrogens with zero attached hydrogens (tertiary/aromatic N) is 1. The lowest BCUT2D eigenvalue weighted by atomic mass is 10.1. The molecule has 0 fully saturated rings. The van der Waals surface area contributed by atoms with Gasteiger partial charge in [0, 0.05) is 12.3 Å². The van der Waals surface area contributed by atoms with E-state index in [9.17, 15) is 4.79 Å². The fraction of sp³-hybridized carbons (Fsp3) is 0.462. The molecule has 1 atom stereocenters. The van der Waals surface area contributed by atoms with Gasteiger partial charge in [-0.3, -0.25) is 4.79 Å². The minimum atomic E-state index is 0.125. The summed E-state index contributed by atoms with van der Waals surface area (Å²) in [5, 5.41) is 0.462. The van der Waals surface area contributed by atoms with E-state index in [0.29, 0.717) is 5.25 Å². The SMILES string of the molecule is CC(C)SC(=O)N(C)C(C)c1ccccc1. The molecule has 0 bridgehead atoms. The highest BCUT2D eigenvalue weighted by Gasteiger charge is 2.18. The first-order valence-electron chi connectivity index (χ1n) is 5.50. The van der Waals surface area contributed by atoms with Gasteiger partial charge in [0.1, 0.15) is 0 Å². The average Bonchev–Trinajstić information content (AvgIpc) is 2.27. The fourth-order valence-electron chi connectivity index (χ4n) is 1.40. The maximum Gasteiger partial charge on any atom is 0.282 e. The van der Waals surface area contributed by atoms with Gasteiger partial charge >= 0.3 is 0 Å². The third-order valence-corrected chi connectivity index (χ3v) is 3.45. The van der Waals surface area contributed by atoms with Crippen LogP contribution in [0.25, 0.3) is 0 Å². The molecule has 88 valence electrons. The number of rotatable bonds is 3. The number of hydrogen-bond acceptors (Lipinski definition) is 2. The Labute approximate surface area is 102 Å². The third kappa shape index (κ3) is 3.56. The van der Waals surface area contributed by atoms with E-state index in [1.54, 1.807) is 4.90 Å². The van der Waals surface area contributed by atoms with Crippen molar-refractivity contribution < 1.29 is 4.79 Å². The molecule has 1 amide bonds. The van der Waals surface area contributed by atoms with Crippen molar-refractivity contribution in [2.24, 2.45) is 0 Å². The van der Waals surface area contributed by atoms with Crippen molar-refractivity contribution in [3.8, 4) is 0 Å². The maximum atomic E-state index is 11.9. The summed E-state index contributed by atoms with van der Waals surface area (Å²) in [4.78, 5) is 13.6. The summed E-state index contributed by atoms with van der Waals surface area (Å²) in [6.45, 7) is 6.11. The van der Waals surface area contributed by atoms with Crippen molar-refractivity contribution in [1.82, 2.24) is 4.90 Å². The average molecular weight is 237 g/mol. The predicted octanol–water partition coefficient (Wildman–Crippen LogP) is 3.94. The second-order valence-corrected chi connectivity index (χ2v) is 5.66. The summed E-state index contributed by atoms with van der Waals surface area (Å²) >= 11 is 1.37. The second-order valence-electron chi connectivity index (χ2n) is 4.13. The lowest BCUT2D eigenvalue weighted by Gasteiger charge is -2.25. The van der Waals surface area contributed by atoms with E-state index in [-0.39, 0.29) is 11.3 Å². The molecule has 3 heteroatoms. The summed E-state index contributed by atoms with van der Waals surface area (Å²) < 4.78 is 0. The Morgan fingerprint density at radius 1 is 1.19 bits per heavy atom. The van der Waals surface area contributed by atoms with Crippen molar-refractivity contribution in [3.63, 3.8) is 0 Å². The Balaban J connectivity index is 2.67. The van der Waals surface area contributed by atoms with Crippen LogP contribution < -0.4 is 0 Å². The topological polar surface area (TPSA) is 20.3 Å². The van der Waals surface area contributed by atoms with Gasteiger partial charge in [0.2, 0.25) is 0 Å². The van der Waals surface area contributed by atoms with Crippen LogP contribution in [0.2, 0.25) is 0 Å². The van der Waals surface area contributed by atoms with Gasteiger partial charge in [-0.15, -0.1) is 0 Å². The summed E-state index contributed by atoms with van der Waals surface area (Å²) in [6.07, 6.45) is 0. The highest BCUT2D eigenvalue weighted by molar-refractivity contribution is 8.14. The van der Waals surface area contributed by atoms with Crippen LogP contribution in [0.5, 0.6) is 0 Å². The zero-order chi connectivity index (χ0) is 12.1. The monoisotopic (exact) mass is 237 g/mol.